The standard InChI is InChI=1S/C16H13F3N6S/c1-8-6-26-12(23-8)2-11(16(17,18)19)25-4-9(3-22-25)14-13-10-5-24(10)15(13)21-7-20-14/h3-4,6-7,10-11H,2,5H2,1H3/t10?,11-,24?/m1/s1. The Morgan fingerprint density at radius 1 is 1.35 bits per heavy atom. The van der Waals surface area contributed by atoms with Gasteiger partial charge in [0.1, 0.15) is 12.1 Å². The number of fused-ring (bicyclic) bond motifs is 4. The number of alkyl halides is 3. The van der Waals surface area contributed by atoms with Crippen LogP contribution in [0, 0.1) is 6.92 Å². The summed E-state index contributed by atoms with van der Waals surface area (Å²) in [5.74, 6) is 0.874. The molecule has 0 saturated carbocycles. The fraction of sp³-hybridized carbons (Fsp3) is 0.375. The maximum Gasteiger partial charge on any atom is 0.411 e. The first-order valence-electron chi connectivity index (χ1n) is 8.05. The van der Waals surface area contributed by atoms with Crippen molar-refractivity contribution in [2.75, 3.05) is 11.4 Å². The molecule has 1 unspecified atom stereocenters. The van der Waals surface area contributed by atoms with Crippen molar-refractivity contribution in [1.29, 1.82) is 0 Å². The van der Waals surface area contributed by atoms with E-state index in [0.29, 0.717) is 22.3 Å². The molecule has 26 heavy (non-hydrogen) atoms. The van der Waals surface area contributed by atoms with Gasteiger partial charge in [0.15, 0.2) is 6.04 Å². The third-order valence-corrected chi connectivity index (χ3v) is 5.68. The average molecular weight is 378 g/mol. The normalized spacial score (nSPS) is 18.9. The lowest BCUT2D eigenvalue weighted by Gasteiger charge is -2.21. The number of thiazole rings is 1. The fourth-order valence-electron chi connectivity index (χ4n) is 3.36. The molecule has 0 aliphatic carbocycles. The second-order valence-corrected chi connectivity index (χ2v) is 7.42. The highest BCUT2D eigenvalue weighted by atomic mass is 32.1. The van der Waals surface area contributed by atoms with Crippen LogP contribution in [0.25, 0.3) is 11.3 Å². The Balaban J connectivity index is 1.48. The minimum Gasteiger partial charge on any atom is -0.345 e. The van der Waals surface area contributed by atoms with Crippen molar-refractivity contribution in [3.05, 3.63) is 40.4 Å². The molecule has 0 aromatic carbocycles. The van der Waals surface area contributed by atoms with Gasteiger partial charge in [-0.15, -0.1) is 11.3 Å². The summed E-state index contributed by atoms with van der Waals surface area (Å²) in [7, 11) is 0. The minimum absolute atomic E-state index is 0.235. The molecule has 5 heterocycles. The van der Waals surface area contributed by atoms with E-state index < -0.39 is 12.2 Å². The van der Waals surface area contributed by atoms with Crippen molar-refractivity contribution in [3.63, 3.8) is 0 Å². The number of aromatic nitrogens is 5. The molecule has 2 aliphatic rings. The number of rotatable bonds is 4. The lowest BCUT2D eigenvalue weighted by atomic mass is 10.0. The Bertz CT molecular complexity index is 994. The first-order chi connectivity index (χ1) is 12.4. The zero-order valence-corrected chi connectivity index (χ0v) is 14.4. The van der Waals surface area contributed by atoms with E-state index in [-0.39, 0.29) is 6.42 Å². The van der Waals surface area contributed by atoms with Crippen LogP contribution in [0.4, 0.5) is 19.0 Å². The van der Waals surface area contributed by atoms with Crippen LogP contribution in [0.15, 0.2) is 24.1 Å². The summed E-state index contributed by atoms with van der Waals surface area (Å²) in [4.78, 5) is 14.8. The monoisotopic (exact) mass is 378 g/mol. The molecular formula is C16H13F3N6S. The molecule has 1 saturated heterocycles. The Morgan fingerprint density at radius 3 is 2.92 bits per heavy atom. The summed E-state index contributed by atoms with van der Waals surface area (Å²) < 4.78 is 41.8. The van der Waals surface area contributed by atoms with Crippen molar-refractivity contribution in [2.45, 2.75) is 31.6 Å². The summed E-state index contributed by atoms with van der Waals surface area (Å²) >= 11 is 1.23. The lowest BCUT2D eigenvalue weighted by Crippen LogP contribution is -2.29. The van der Waals surface area contributed by atoms with Gasteiger partial charge in [0.2, 0.25) is 0 Å². The van der Waals surface area contributed by atoms with E-state index in [4.69, 9.17) is 0 Å². The van der Waals surface area contributed by atoms with Crippen LogP contribution in [-0.2, 0) is 6.42 Å². The molecule has 0 bridgehead atoms. The van der Waals surface area contributed by atoms with Gasteiger partial charge in [-0.05, 0) is 6.92 Å². The quantitative estimate of drug-likeness (QED) is 0.652. The first-order valence-corrected chi connectivity index (χ1v) is 8.93. The second-order valence-electron chi connectivity index (χ2n) is 6.48. The maximum absolute atomic E-state index is 13.6. The van der Waals surface area contributed by atoms with Crippen LogP contribution in [-0.4, -0.2) is 37.5 Å². The van der Waals surface area contributed by atoms with Gasteiger partial charge in [-0.3, -0.25) is 4.68 Å². The molecule has 6 nitrogen and oxygen atoms in total. The number of nitrogens with zero attached hydrogens (tertiary/aromatic N) is 6. The predicted molar refractivity (Wildman–Crippen MR) is 89.0 cm³/mol. The van der Waals surface area contributed by atoms with Gasteiger partial charge in [-0.25, -0.2) is 15.0 Å². The molecule has 0 spiro atoms. The van der Waals surface area contributed by atoms with E-state index in [1.165, 1.54) is 30.1 Å². The highest BCUT2D eigenvalue weighted by Crippen LogP contribution is 2.55. The third-order valence-electron chi connectivity index (χ3n) is 4.69. The van der Waals surface area contributed by atoms with E-state index in [2.05, 4.69) is 25.0 Å². The summed E-state index contributed by atoms with van der Waals surface area (Å²) in [6.45, 7) is 2.67. The summed E-state index contributed by atoms with van der Waals surface area (Å²) in [6, 6.07) is -1.45. The predicted octanol–water partition coefficient (Wildman–Crippen LogP) is 3.33. The van der Waals surface area contributed by atoms with Gasteiger partial charge in [0, 0.05) is 41.4 Å². The van der Waals surface area contributed by atoms with Crippen molar-refractivity contribution in [1.82, 2.24) is 24.7 Å². The smallest absolute Gasteiger partial charge is 0.345 e. The topological polar surface area (TPSA) is 59.5 Å². The third kappa shape index (κ3) is 2.39. The molecule has 0 radical (unpaired) electrons. The number of aryl methyl sites for hydroxylation is 1. The van der Waals surface area contributed by atoms with Crippen LogP contribution >= 0.6 is 11.3 Å². The Labute approximate surface area is 150 Å². The fourth-order valence-corrected chi connectivity index (χ4v) is 4.17. The minimum atomic E-state index is -4.42. The molecule has 3 aromatic rings. The van der Waals surface area contributed by atoms with Gasteiger partial charge in [0.05, 0.1) is 22.9 Å². The van der Waals surface area contributed by atoms with Crippen molar-refractivity contribution in [2.24, 2.45) is 0 Å². The van der Waals surface area contributed by atoms with E-state index in [1.54, 1.807) is 12.3 Å². The van der Waals surface area contributed by atoms with Crippen LogP contribution in [0.1, 0.15) is 28.3 Å². The average Bonchev–Trinajstić information content (AvgIpc) is 2.91. The number of hydrogen-bond donors (Lipinski definition) is 0. The molecule has 0 amide bonds. The van der Waals surface area contributed by atoms with Gasteiger partial charge < -0.3 is 4.90 Å². The number of hydrogen-bond acceptors (Lipinski definition) is 6. The van der Waals surface area contributed by atoms with Gasteiger partial charge in [-0.2, -0.15) is 18.3 Å². The van der Waals surface area contributed by atoms with E-state index in [1.807, 2.05) is 0 Å². The number of anilines is 1. The Morgan fingerprint density at radius 2 is 2.19 bits per heavy atom. The summed E-state index contributed by atoms with van der Waals surface area (Å²) in [5, 5.41) is 6.19. The second kappa shape index (κ2) is 5.26. The zero-order chi connectivity index (χ0) is 18.1. The molecule has 0 N–H and O–H groups in total. The maximum atomic E-state index is 13.6. The van der Waals surface area contributed by atoms with Crippen LogP contribution < -0.4 is 4.90 Å². The van der Waals surface area contributed by atoms with E-state index in [0.717, 1.165) is 28.3 Å². The molecule has 134 valence electrons. The molecule has 2 aliphatic heterocycles. The molecule has 5 rings (SSSR count). The van der Waals surface area contributed by atoms with Crippen LogP contribution in [0.2, 0.25) is 0 Å². The number of halogens is 3. The first kappa shape index (κ1) is 15.7. The molecule has 3 aromatic heterocycles. The van der Waals surface area contributed by atoms with E-state index in [9.17, 15) is 13.2 Å². The van der Waals surface area contributed by atoms with Gasteiger partial charge in [0.25, 0.3) is 0 Å². The Kier molecular flexibility index (Phi) is 3.18. The van der Waals surface area contributed by atoms with Crippen molar-refractivity contribution >= 4 is 17.2 Å². The molecule has 1 fully saturated rings. The lowest BCUT2D eigenvalue weighted by molar-refractivity contribution is -0.170. The molecule has 2 atom stereocenters. The van der Waals surface area contributed by atoms with E-state index >= 15 is 0 Å². The van der Waals surface area contributed by atoms with Gasteiger partial charge >= 0.3 is 6.18 Å². The summed E-state index contributed by atoms with van der Waals surface area (Å²) in [6.07, 6.45) is -0.348. The van der Waals surface area contributed by atoms with Crippen LogP contribution in [0.5, 0.6) is 0 Å². The van der Waals surface area contributed by atoms with Crippen molar-refractivity contribution in [3.8, 4) is 11.3 Å². The van der Waals surface area contributed by atoms with Crippen molar-refractivity contribution < 1.29 is 13.2 Å². The molecular weight excluding hydrogens is 365 g/mol. The van der Waals surface area contributed by atoms with Gasteiger partial charge in [-0.1, -0.05) is 0 Å². The highest BCUT2D eigenvalue weighted by Gasteiger charge is 2.51. The Hall–Kier alpha value is -2.49. The SMILES string of the molecule is Cc1csc(C[C@@H](n2cc(-c3ncnc4c3C3CN43)cn2)C(F)(F)F)n1. The highest BCUT2D eigenvalue weighted by molar-refractivity contribution is 7.09. The zero-order valence-electron chi connectivity index (χ0n) is 13.6. The van der Waals surface area contributed by atoms with Crippen LogP contribution in [0.3, 0.4) is 0 Å². The molecule has 10 heteroatoms. The largest absolute Gasteiger partial charge is 0.411 e. The summed E-state index contributed by atoms with van der Waals surface area (Å²) in [5.41, 5.74) is 2.98.